The quantitative estimate of drug-likeness (QED) is 0.680. The fourth-order valence-electron chi connectivity index (χ4n) is 3.00. The lowest BCUT2D eigenvalue weighted by molar-refractivity contribution is 0.102. The summed E-state index contributed by atoms with van der Waals surface area (Å²) >= 11 is 0. The van der Waals surface area contributed by atoms with E-state index in [1.165, 1.54) is 11.1 Å². The number of rotatable bonds is 6. The molecular formula is C23H26N4O. The van der Waals surface area contributed by atoms with Gasteiger partial charge in [0, 0.05) is 24.8 Å². The number of hydrogen-bond donors (Lipinski definition) is 1. The van der Waals surface area contributed by atoms with Crippen LogP contribution >= 0.6 is 0 Å². The Bertz CT molecular complexity index is 970. The van der Waals surface area contributed by atoms with Gasteiger partial charge in [-0.15, -0.1) is 0 Å². The van der Waals surface area contributed by atoms with Gasteiger partial charge in [0.25, 0.3) is 5.91 Å². The zero-order chi connectivity index (χ0) is 20.1. The van der Waals surface area contributed by atoms with Crippen molar-refractivity contribution in [3.63, 3.8) is 0 Å². The minimum atomic E-state index is -0.231. The number of hydrogen-bond acceptors (Lipinski definition) is 4. The highest BCUT2D eigenvalue weighted by Crippen LogP contribution is 2.18. The summed E-state index contributed by atoms with van der Waals surface area (Å²) in [6.07, 6.45) is 0. The average molecular weight is 374 g/mol. The molecule has 144 valence electrons. The van der Waals surface area contributed by atoms with Gasteiger partial charge in [0.1, 0.15) is 17.3 Å². The van der Waals surface area contributed by atoms with Gasteiger partial charge in [0.2, 0.25) is 0 Å². The third-order valence-corrected chi connectivity index (χ3v) is 4.74. The molecule has 1 amide bonds. The lowest BCUT2D eigenvalue weighted by Crippen LogP contribution is -2.25. The van der Waals surface area contributed by atoms with E-state index in [0.717, 1.165) is 30.2 Å². The molecule has 5 nitrogen and oxygen atoms in total. The number of nitrogens with zero attached hydrogens (tertiary/aromatic N) is 3. The highest BCUT2D eigenvalue weighted by molar-refractivity contribution is 6.03. The lowest BCUT2D eigenvalue weighted by Gasteiger charge is -2.22. The Morgan fingerprint density at radius 1 is 0.964 bits per heavy atom. The van der Waals surface area contributed by atoms with E-state index < -0.39 is 0 Å². The first-order chi connectivity index (χ1) is 13.5. The SMILES string of the molecule is CCN(Cc1ccccc1)c1cc(C(=O)Nc2ccc(C)c(C)c2)nc(C)n1. The van der Waals surface area contributed by atoms with Crippen LogP contribution in [0.4, 0.5) is 11.5 Å². The van der Waals surface area contributed by atoms with E-state index in [-0.39, 0.29) is 5.91 Å². The number of nitrogens with one attached hydrogen (secondary N) is 1. The number of anilines is 2. The minimum Gasteiger partial charge on any atom is -0.352 e. The van der Waals surface area contributed by atoms with Gasteiger partial charge in [0.15, 0.2) is 0 Å². The summed E-state index contributed by atoms with van der Waals surface area (Å²) in [5.41, 5.74) is 4.66. The summed E-state index contributed by atoms with van der Waals surface area (Å²) in [4.78, 5) is 23.8. The Kier molecular flexibility index (Phi) is 6.04. The van der Waals surface area contributed by atoms with E-state index in [4.69, 9.17) is 0 Å². The summed E-state index contributed by atoms with van der Waals surface area (Å²) in [5.74, 6) is 1.10. The fraction of sp³-hybridized carbons (Fsp3) is 0.261. The van der Waals surface area contributed by atoms with Gasteiger partial charge in [-0.05, 0) is 56.5 Å². The molecule has 0 radical (unpaired) electrons. The highest BCUT2D eigenvalue weighted by atomic mass is 16.1. The predicted molar refractivity (Wildman–Crippen MR) is 114 cm³/mol. The first-order valence-electron chi connectivity index (χ1n) is 9.49. The van der Waals surface area contributed by atoms with Crippen LogP contribution in [0.2, 0.25) is 0 Å². The van der Waals surface area contributed by atoms with E-state index in [2.05, 4.69) is 39.2 Å². The van der Waals surface area contributed by atoms with Gasteiger partial charge in [0.05, 0.1) is 0 Å². The van der Waals surface area contributed by atoms with Gasteiger partial charge >= 0.3 is 0 Å². The smallest absolute Gasteiger partial charge is 0.274 e. The number of benzene rings is 2. The first kappa shape index (κ1) is 19.5. The molecule has 0 spiro atoms. The normalized spacial score (nSPS) is 10.6. The molecule has 1 heterocycles. The van der Waals surface area contributed by atoms with Crippen LogP contribution in [-0.2, 0) is 6.54 Å². The fourth-order valence-corrected chi connectivity index (χ4v) is 3.00. The molecule has 3 rings (SSSR count). The minimum absolute atomic E-state index is 0.231. The molecule has 0 aliphatic rings. The zero-order valence-corrected chi connectivity index (χ0v) is 16.9. The first-order valence-corrected chi connectivity index (χ1v) is 9.49. The third-order valence-electron chi connectivity index (χ3n) is 4.74. The summed E-state index contributed by atoms with van der Waals surface area (Å²) in [7, 11) is 0. The van der Waals surface area contributed by atoms with Crippen molar-refractivity contribution in [1.29, 1.82) is 0 Å². The van der Waals surface area contributed by atoms with E-state index >= 15 is 0 Å². The standard InChI is InChI=1S/C23H26N4O/c1-5-27(15-19-9-7-6-8-10-19)22-14-21(24-18(4)25-22)23(28)26-20-12-11-16(2)17(3)13-20/h6-14H,5,15H2,1-4H3,(H,26,28). The number of aromatic nitrogens is 2. The summed E-state index contributed by atoms with van der Waals surface area (Å²) in [5, 5.41) is 2.94. The van der Waals surface area contributed by atoms with E-state index in [9.17, 15) is 4.79 Å². The van der Waals surface area contributed by atoms with Gasteiger partial charge in [-0.3, -0.25) is 4.79 Å². The maximum atomic E-state index is 12.8. The van der Waals surface area contributed by atoms with Crippen molar-refractivity contribution < 1.29 is 4.79 Å². The molecular weight excluding hydrogens is 348 g/mol. The van der Waals surface area contributed by atoms with Crippen molar-refractivity contribution in [2.24, 2.45) is 0 Å². The van der Waals surface area contributed by atoms with Crippen LogP contribution < -0.4 is 10.2 Å². The molecule has 0 saturated heterocycles. The second kappa shape index (κ2) is 8.65. The predicted octanol–water partition coefficient (Wildman–Crippen LogP) is 4.68. The Morgan fingerprint density at radius 2 is 1.71 bits per heavy atom. The van der Waals surface area contributed by atoms with Crippen molar-refractivity contribution in [2.75, 3.05) is 16.8 Å². The van der Waals surface area contributed by atoms with Gasteiger partial charge in [-0.25, -0.2) is 9.97 Å². The van der Waals surface area contributed by atoms with Crippen molar-refractivity contribution in [2.45, 2.75) is 34.2 Å². The number of carbonyl (C=O) groups is 1. The molecule has 0 aliphatic heterocycles. The molecule has 0 unspecified atom stereocenters. The van der Waals surface area contributed by atoms with Crippen LogP contribution in [0.5, 0.6) is 0 Å². The van der Waals surface area contributed by atoms with E-state index in [1.807, 2.05) is 57.2 Å². The van der Waals surface area contributed by atoms with Crippen LogP contribution in [0.3, 0.4) is 0 Å². The van der Waals surface area contributed by atoms with Crippen molar-refractivity contribution in [3.05, 3.63) is 82.8 Å². The molecule has 2 aromatic carbocycles. The molecule has 0 fully saturated rings. The topological polar surface area (TPSA) is 58.1 Å². The highest BCUT2D eigenvalue weighted by Gasteiger charge is 2.15. The van der Waals surface area contributed by atoms with Gasteiger partial charge < -0.3 is 10.2 Å². The molecule has 0 aliphatic carbocycles. The van der Waals surface area contributed by atoms with Crippen LogP contribution in [0.25, 0.3) is 0 Å². The summed E-state index contributed by atoms with van der Waals surface area (Å²) < 4.78 is 0. The Labute approximate surface area is 166 Å². The molecule has 1 N–H and O–H groups in total. The molecule has 0 atom stereocenters. The molecule has 0 saturated carbocycles. The molecule has 3 aromatic rings. The molecule has 0 bridgehead atoms. The number of amides is 1. The van der Waals surface area contributed by atoms with Gasteiger partial charge in [-0.1, -0.05) is 36.4 Å². The van der Waals surface area contributed by atoms with Crippen molar-refractivity contribution in [3.8, 4) is 0 Å². The van der Waals surface area contributed by atoms with E-state index in [1.54, 1.807) is 6.07 Å². The molecule has 5 heteroatoms. The number of carbonyl (C=O) groups excluding carboxylic acids is 1. The van der Waals surface area contributed by atoms with E-state index in [0.29, 0.717) is 11.5 Å². The van der Waals surface area contributed by atoms with Crippen LogP contribution in [0.15, 0.2) is 54.6 Å². The number of aryl methyl sites for hydroxylation is 3. The Hall–Kier alpha value is -3.21. The van der Waals surface area contributed by atoms with Gasteiger partial charge in [-0.2, -0.15) is 0 Å². The van der Waals surface area contributed by atoms with Crippen LogP contribution in [-0.4, -0.2) is 22.4 Å². The van der Waals surface area contributed by atoms with Crippen molar-refractivity contribution in [1.82, 2.24) is 9.97 Å². The monoisotopic (exact) mass is 374 g/mol. The molecule has 28 heavy (non-hydrogen) atoms. The lowest BCUT2D eigenvalue weighted by atomic mass is 10.1. The van der Waals surface area contributed by atoms with Crippen molar-refractivity contribution >= 4 is 17.4 Å². The molecule has 1 aromatic heterocycles. The summed E-state index contributed by atoms with van der Waals surface area (Å²) in [6.45, 7) is 9.48. The average Bonchev–Trinajstić information content (AvgIpc) is 2.69. The largest absolute Gasteiger partial charge is 0.352 e. The Balaban J connectivity index is 1.83. The van der Waals surface area contributed by atoms with Crippen LogP contribution in [0.1, 0.15) is 39.9 Å². The Morgan fingerprint density at radius 3 is 2.39 bits per heavy atom. The second-order valence-corrected chi connectivity index (χ2v) is 6.91. The maximum absolute atomic E-state index is 12.8. The van der Waals surface area contributed by atoms with Crippen LogP contribution in [0, 0.1) is 20.8 Å². The third kappa shape index (κ3) is 4.74. The zero-order valence-electron chi connectivity index (χ0n) is 16.9. The maximum Gasteiger partial charge on any atom is 0.274 e. The summed E-state index contributed by atoms with van der Waals surface area (Å²) in [6, 6.07) is 17.9. The second-order valence-electron chi connectivity index (χ2n) is 6.91.